The van der Waals surface area contributed by atoms with Crippen LogP contribution in [0.25, 0.3) is 10.9 Å². The van der Waals surface area contributed by atoms with E-state index in [1.54, 1.807) is 36.4 Å². The van der Waals surface area contributed by atoms with Crippen molar-refractivity contribution in [2.45, 2.75) is 6.54 Å². The molecule has 0 spiro atoms. The molecule has 0 radical (unpaired) electrons. The van der Waals surface area contributed by atoms with E-state index in [1.807, 2.05) is 0 Å². The van der Waals surface area contributed by atoms with Crippen LogP contribution >= 0.6 is 11.6 Å². The minimum Gasteiger partial charge on any atom is -0.497 e. The number of fused-ring (bicyclic) bond motifs is 1. The van der Waals surface area contributed by atoms with E-state index in [-0.39, 0.29) is 17.9 Å². The van der Waals surface area contributed by atoms with Gasteiger partial charge in [-0.2, -0.15) is 0 Å². The number of nitrogens with zero attached hydrogens (tertiary/aromatic N) is 2. The summed E-state index contributed by atoms with van der Waals surface area (Å²) >= 11 is 5.94. The maximum absolute atomic E-state index is 12.7. The van der Waals surface area contributed by atoms with E-state index in [4.69, 9.17) is 21.1 Å². The molecule has 0 saturated carbocycles. The molecule has 0 saturated heterocycles. The summed E-state index contributed by atoms with van der Waals surface area (Å²) in [7, 11) is 2.99. The lowest BCUT2D eigenvalue weighted by Gasteiger charge is -2.11. The third-order valence-electron chi connectivity index (χ3n) is 3.81. The van der Waals surface area contributed by atoms with Gasteiger partial charge in [0.1, 0.15) is 11.5 Å². The number of aromatic nitrogens is 2. The van der Waals surface area contributed by atoms with Crippen LogP contribution in [0.4, 0.5) is 0 Å². The molecule has 128 valence electrons. The van der Waals surface area contributed by atoms with Gasteiger partial charge >= 0.3 is 0 Å². The Hall–Kier alpha value is -2.86. The summed E-state index contributed by atoms with van der Waals surface area (Å²) in [5.41, 5.74) is 0.528. The first-order valence-corrected chi connectivity index (χ1v) is 7.81. The molecule has 1 heterocycles. The number of carbonyl (C=O) groups excluding carboxylic acids is 1. The van der Waals surface area contributed by atoms with Crippen molar-refractivity contribution in [1.29, 1.82) is 0 Å². The number of hydrogen-bond donors (Lipinski definition) is 0. The molecule has 0 amide bonds. The van der Waals surface area contributed by atoms with Crippen molar-refractivity contribution in [3.8, 4) is 11.5 Å². The number of benzene rings is 2. The van der Waals surface area contributed by atoms with Crippen molar-refractivity contribution in [1.82, 2.24) is 9.55 Å². The smallest absolute Gasteiger partial charge is 0.261 e. The fraction of sp³-hybridized carbons (Fsp3) is 0.167. The molecule has 0 fully saturated rings. The zero-order valence-electron chi connectivity index (χ0n) is 13.7. The average molecular weight is 359 g/mol. The molecular formula is C18H15ClN2O4. The van der Waals surface area contributed by atoms with Gasteiger partial charge in [-0.3, -0.25) is 14.2 Å². The number of ether oxygens (including phenoxy) is 2. The van der Waals surface area contributed by atoms with E-state index >= 15 is 0 Å². The topological polar surface area (TPSA) is 70.4 Å². The molecule has 0 aliphatic rings. The quantitative estimate of drug-likeness (QED) is 0.656. The van der Waals surface area contributed by atoms with E-state index in [0.717, 1.165) is 0 Å². The standard InChI is InChI=1S/C18H15ClN2O4/c1-24-12-4-6-17(25-2)14(8-12)16(22)9-21-10-20-15-5-3-11(19)7-13(15)18(21)23/h3-8,10H,9H2,1-2H3. The van der Waals surface area contributed by atoms with Crippen molar-refractivity contribution in [2.24, 2.45) is 0 Å². The summed E-state index contributed by atoms with van der Waals surface area (Å²) in [6, 6.07) is 9.79. The zero-order chi connectivity index (χ0) is 18.0. The molecule has 0 N–H and O–H groups in total. The van der Waals surface area contributed by atoms with Crippen LogP contribution in [-0.4, -0.2) is 29.6 Å². The summed E-state index contributed by atoms with van der Waals surface area (Å²) in [6.45, 7) is -0.169. The van der Waals surface area contributed by atoms with Gasteiger partial charge in [0.05, 0.1) is 43.6 Å². The van der Waals surface area contributed by atoms with Gasteiger partial charge in [-0.15, -0.1) is 0 Å². The minimum absolute atomic E-state index is 0.169. The Morgan fingerprint density at radius 3 is 2.68 bits per heavy atom. The maximum Gasteiger partial charge on any atom is 0.261 e. The Morgan fingerprint density at radius 1 is 1.16 bits per heavy atom. The second-order valence-electron chi connectivity index (χ2n) is 5.33. The average Bonchev–Trinajstić information content (AvgIpc) is 2.63. The highest BCUT2D eigenvalue weighted by atomic mass is 35.5. The van der Waals surface area contributed by atoms with Crippen molar-refractivity contribution in [2.75, 3.05) is 14.2 Å². The molecule has 7 heteroatoms. The fourth-order valence-electron chi connectivity index (χ4n) is 2.52. The molecular weight excluding hydrogens is 344 g/mol. The Morgan fingerprint density at radius 2 is 1.96 bits per heavy atom. The van der Waals surface area contributed by atoms with Crippen LogP contribution in [-0.2, 0) is 6.54 Å². The zero-order valence-corrected chi connectivity index (χ0v) is 14.4. The van der Waals surface area contributed by atoms with E-state index in [1.165, 1.54) is 25.1 Å². The normalized spacial score (nSPS) is 10.7. The number of Topliss-reactive ketones (excluding diaryl/α,β-unsaturated/α-hetero) is 1. The highest BCUT2D eigenvalue weighted by molar-refractivity contribution is 6.31. The third kappa shape index (κ3) is 3.34. The third-order valence-corrected chi connectivity index (χ3v) is 4.04. The minimum atomic E-state index is -0.331. The second kappa shape index (κ2) is 6.94. The lowest BCUT2D eigenvalue weighted by molar-refractivity contribution is 0.0967. The molecule has 3 rings (SSSR count). The van der Waals surface area contributed by atoms with Gasteiger partial charge in [0, 0.05) is 5.02 Å². The predicted molar refractivity (Wildman–Crippen MR) is 94.9 cm³/mol. The van der Waals surface area contributed by atoms with Gasteiger partial charge in [-0.25, -0.2) is 4.98 Å². The van der Waals surface area contributed by atoms with E-state index < -0.39 is 0 Å². The molecule has 0 bridgehead atoms. The largest absolute Gasteiger partial charge is 0.497 e. The Kier molecular flexibility index (Phi) is 4.72. The van der Waals surface area contributed by atoms with Gasteiger partial charge < -0.3 is 9.47 Å². The van der Waals surface area contributed by atoms with Crippen LogP contribution in [0.1, 0.15) is 10.4 Å². The molecule has 0 aliphatic heterocycles. The molecule has 0 unspecified atom stereocenters. The van der Waals surface area contributed by atoms with E-state index in [0.29, 0.717) is 33.0 Å². The molecule has 3 aromatic rings. The highest BCUT2D eigenvalue weighted by Gasteiger charge is 2.16. The lowest BCUT2D eigenvalue weighted by Crippen LogP contribution is -2.25. The number of methoxy groups -OCH3 is 2. The van der Waals surface area contributed by atoms with Crippen LogP contribution in [0.15, 0.2) is 47.5 Å². The molecule has 0 atom stereocenters. The van der Waals surface area contributed by atoms with Crippen LogP contribution in [0.3, 0.4) is 0 Å². The predicted octanol–water partition coefficient (Wildman–Crippen LogP) is 2.95. The van der Waals surface area contributed by atoms with Crippen molar-refractivity contribution in [3.05, 3.63) is 63.7 Å². The van der Waals surface area contributed by atoms with Gasteiger partial charge in [0.25, 0.3) is 5.56 Å². The van der Waals surface area contributed by atoms with E-state index in [9.17, 15) is 9.59 Å². The molecule has 0 aliphatic carbocycles. The Balaban J connectivity index is 2.00. The Labute approximate surface area is 148 Å². The first-order chi connectivity index (χ1) is 12.0. The van der Waals surface area contributed by atoms with Crippen molar-refractivity contribution in [3.63, 3.8) is 0 Å². The van der Waals surface area contributed by atoms with Gasteiger partial charge in [0.2, 0.25) is 0 Å². The van der Waals surface area contributed by atoms with Crippen LogP contribution < -0.4 is 15.0 Å². The monoisotopic (exact) mass is 358 g/mol. The summed E-state index contributed by atoms with van der Waals surface area (Å²) in [5.74, 6) is 0.650. The first-order valence-electron chi connectivity index (χ1n) is 7.43. The number of rotatable bonds is 5. The maximum atomic E-state index is 12.7. The number of ketones is 1. The van der Waals surface area contributed by atoms with Crippen LogP contribution in [0.5, 0.6) is 11.5 Å². The van der Waals surface area contributed by atoms with Crippen molar-refractivity contribution >= 4 is 28.3 Å². The Bertz CT molecular complexity index is 1010. The van der Waals surface area contributed by atoms with Gasteiger partial charge in [-0.1, -0.05) is 11.6 Å². The fourth-order valence-corrected chi connectivity index (χ4v) is 2.69. The second-order valence-corrected chi connectivity index (χ2v) is 5.76. The van der Waals surface area contributed by atoms with Crippen LogP contribution in [0, 0.1) is 0 Å². The summed E-state index contributed by atoms with van der Waals surface area (Å²) in [6.07, 6.45) is 1.35. The molecule has 1 aromatic heterocycles. The summed E-state index contributed by atoms with van der Waals surface area (Å²) in [5, 5.41) is 0.797. The molecule has 25 heavy (non-hydrogen) atoms. The summed E-state index contributed by atoms with van der Waals surface area (Å²) < 4.78 is 11.6. The highest BCUT2D eigenvalue weighted by Crippen LogP contribution is 2.24. The van der Waals surface area contributed by atoms with Gasteiger partial charge in [-0.05, 0) is 36.4 Å². The van der Waals surface area contributed by atoms with E-state index in [2.05, 4.69) is 4.98 Å². The SMILES string of the molecule is COc1ccc(OC)c(C(=O)Cn2cnc3ccc(Cl)cc3c2=O)c1. The van der Waals surface area contributed by atoms with Gasteiger partial charge in [0.15, 0.2) is 5.78 Å². The lowest BCUT2D eigenvalue weighted by atomic mass is 10.1. The van der Waals surface area contributed by atoms with Crippen LogP contribution in [0.2, 0.25) is 5.02 Å². The first kappa shape index (κ1) is 17.0. The molecule has 2 aromatic carbocycles. The molecule has 6 nitrogen and oxygen atoms in total. The number of halogens is 1. The number of carbonyl (C=O) groups is 1. The number of hydrogen-bond acceptors (Lipinski definition) is 5. The van der Waals surface area contributed by atoms with Crippen molar-refractivity contribution < 1.29 is 14.3 Å². The summed E-state index contributed by atoms with van der Waals surface area (Å²) in [4.78, 5) is 29.5.